The summed E-state index contributed by atoms with van der Waals surface area (Å²) in [7, 11) is 0. The number of rotatable bonds is 3. The number of nitrogens with zero attached hydrogens (tertiary/aromatic N) is 1. The van der Waals surface area contributed by atoms with Crippen molar-refractivity contribution in [3.8, 4) is 11.8 Å². The van der Waals surface area contributed by atoms with E-state index >= 15 is 0 Å². The molecule has 3 N–H and O–H groups in total. The number of anilines is 1. The maximum Gasteiger partial charge on any atom is 0.434 e. The largest absolute Gasteiger partial charge is 0.445 e. The van der Waals surface area contributed by atoms with E-state index < -0.39 is 18.0 Å². The summed E-state index contributed by atoms with van der Waals surface area (Å²) >= 11 is 0. The zero-order valence-corrected chi connectivity index (χ0v) is 12.9. The Morgan fingerprint density at radius 1 is 1.20 bits per heavy atom. The average Bonchev–Trinajstić information content (AvgIpc) is 2.58. The van der Waals surface area contributed by atoms with Gasteiger partial charge in [-0.25, -0.2) is 9.78 Å². The van der Waals surface area contributed by atoms with Gasteiger partial charge in [0.2, 0.25) is 0 Å². The first kappa shape index (κ1) is 18.1. The Bertz CT molecular complexity index is 796. The summed E-state index contributed by atoms with van der Waals surface area (Å²) in [5.74, 6) is 4.49. The van der Waals surface area contributed by atoms with Gasteiger partial charge in [-0.1, -0.05) is 42.2 Å². The lowest BCUT2D eigenvalue weighted by molar-refractivity contribution is -0.141. The number of pyridine rings is 1. The van der Waals surface area contributed by atoms with E-state index in [0.29, 0.717) is 0 Å². The molecule has 1 aromatic heterocycles. The van der Waals surface area contributed by atoms with Crippen LogP contribution in [0.2, 0.25) is 0 Å². The van der Waals surface area contributed by atoms with Crippen LogP contribution in [0.1, 0.15) is 16.8 Å². The molecular weight excluding hydrogens is 335 g/mol. The van der Waals surface area contributed by atoms with Crippen LogP contribution in [-0.2, 0) is 17.5 Å². The molecule has 0 fully saturated rings. The number of alkyl carbamates (subject to hydrolysis) is 1. The average molecular weight is 349 g/mol. The van der Waals surface area contributed by atoms with Crippen LogP contribution in [-0.4, -0.2) is 17.6 Å². The highest BCUT2D eigenvalue weighted by molar-refractivity contribution is 5.67. The molecule has 130 valence electrons. The van der Waals surface area contributed by atoms with Crippen molar-refractivity contribution in [2.75, 3.05) is 12.3 Å². The van der Waals surface area contributed by atoms with Crippen LogP contribution in [0, 0.1) is 11.8 Å². The van der Waals surface area contributed by atoms with E-state index in [0.717, 1.165) is 11.6 Å². The number of carbonyl (C=O) groups is 1. The molecule has 0 aliphatic rings. The summed E-state index contributed by atoms with van der Waals surface area (Å²) in [5.41, 5.74) is 4.60. The fraction of sp³-hybridized carbons (Fsp3) is 0.176. The monoisotopic (exact) mass is 349 g/mol. The van der Waals surface area contributed by atoms with Gasteiger partial charge in [-0.15, -0.1) is 0 Å². The number of alkyl halides is 3. The highest BCUT2D eigenvalue weighted by atomic mass is 19.4. The summed E-state index contributed by atoms with van der Waals surface area (Å²) in [5, 5.41) is 2.33. The molecule has 8 heteroatoms. The maximum absolute atomic E-state index is 12.9. The van der Waals surface area contributed by atoms with Gasteiger partial charge in [-0.2, -0.15) is 13.2 Å². The van der Waals surface area contributed by atoms with Crippen LogP contribution < -0.4 is 11.1 Å². The van der Waals surface area contributed by atoms with E-state index in [-0.39, 0.29) is 24.5 Å². The highest BCUT2D eigenvalue weighted by Gasteiger charge is 2.35. The molecule has 0 aliphatic heterocycles. The smallest absolute Gasteiger partial charge is 0.434 e. The minimum Gasteiger partial charge on any atom is -0.445 e. The topological polar surface area (TPSA) is 77.2 Å². The number of nitrogen functional groups attached to an aromatic ring is 1. The first-order valence-corrected chi connectivity index (χ1v) is 7.13. The van der Waals surface area contributed by atoms with Crippen LogP contribution in [0.4, 0.5) is 23.8 Å². The molecule has 0 spiro atoms. The SMILES string of the molecule is Nc1ccc(C#CCNC(=O)OCc2ccccc2)c(C(F)(F)F)n1. The number of halogens is 3. The normalized spacial score (nSPS) is 10.5. The molecule has 2 aromatic rings. The van der Waals surface area contributed by atoms with Gasteiger partial charge in [0.1, 0.15) is 12.4 Å². The number of ether oxygens (including phenoxy) is 1. The summed E-state index contributed by atoms with van der Waals surface area (Å²) < 4.78 is 43.5. The molecule has 5 nitrogen and oxygen atoms in total. The Hall–Kier alpha value is -3.21. The Balaban J connectivity index is 1.89. The Labute approximate surface area is 142 Å². The fourth-order valence-electron chi connectivity index (χ4n) is 1.82. The second kappa shape index (κ2) is 8.06. The zero-order chi connectivity index (χ0) is 18.3. The number of benzene rings is 1. The van der Waals surface area contributed by atoms with Crippen LogP contribution in [0.25, 0.3) is 0 Å². The predicted octanol–water partition coefficient (Wildman–Crippen LogP) is 2.96. The van der Waals surface area contributed by atoms with Crippen LogP contribution in [0.5, 0.6) is 0 Å². The quantitative estimate of drug-likeness (QED) is 0.835. The van der Waals surface area contributed by atoms with Gasteiger partial charge in [0, 0.05) is 0 Å². The maximum atomic E-state index is 12.9. The second-order valence-corrected chi connectivity index (χ2v) is 4.85. The van der Waals surface area contributed by atoms with Gasteiger partial charge in [0.15, 0.2) is 5.69 Å². The van der Waals surface area contributed by atoms with Crippen molar-refractivity contribution in [1.82, 2.24) is 10.3 Å². The Morgan fingerprint density at radius 2 is 1.92 bits per heavy atom. The number of hydrogen-bond acceptors (Lipinski definition) is 4. The molecular formula is C17H14F3N3O2. The summed E-state index contributed by atoms with van der Waals surface area (Å²) in [6.45, 7) is -0.0878. The van der Waals surface area contributed by atoms with E-state index in [1.54, 1.807) is 24.3 Å². The highest BCUT2D eigenvalue weighted by Crippen LogP contribution is 2.30. The van der Waals surface area contributed by atoms with Crippen molar-refractivity contribution in [2.24, 2.45) is 0 Å². The lowest BCUT2D eigenvalue weighted by Gasteiger charge is -2.08. The Kier molecular flexibility index (Phi) is 5.84. The lowest BCUT2D eigenvalue weighted by Crippen LogP contribution is -2.24. The molecule has 0 aliphatic carbocycles. The van der Waals surface area contributed by atoms with Gasteiger partial charge in [0.05, 0.1) is 12.1 Å². The minimum absolute atomic E-state index is 0.0835. The van der Waals surface area contributed by atoms with E-state index in [4.69, 9.17) is 10.5 Å². The summed E-state index contributed by atoms with van der Waals surface area (Å²) in [4.78, 5) is 14.7. The number of nitrogens with two attached hydrogens (primary N) is 1. The third-order valence-corrected chi connectivity index (χ3v) is 2.94. The van der Waals surface area contributed by atoms with E-state index in [1.165, 1.54) is 6.07 Å². The van der Waals surface area contributed by atoms with Crippen molar-refractivity contribution < 1.29 is 22.7 Å². The van der Waals surface area contributed by atoms with Crippen LogP contribution in [0.15, 0.2) is 42.5 Å². The number of aromatic nitrogens is 1. The van der Waals surface area contributed by atoms with E-state index in [9.17, 15) is 18.0 Å². The van der Waals surface area contributed by atoms with Gasteiger partial charge >= 0.3 is 12.3 Å². The molecule has 2 rings (SSSR count). The molecule has 0 atom stereocenters. The summed E-state index contributed by atoms with van der Waals surface area (Å²) in [6.07, 6.45) is -5.38. The molecule has 1 heterocycles. The number of carbonyl (C=O) groups excluding carboxylic acids is 1. The number of amides is 1. The molecule has 0 saturated carbocycles. The van der Waals surface area contributed by atoms with Crippen molar-refractivity contribution in [2.45, 2.75) is 12.8 Å². The van der Waals surface area contributed by atoms with Crippen molar-refractivity contribution in [3.63, 3.8) is 0 Å². The predicted molar refractivity (Wildman–Crippen MR) is 85.2 cm³/mol. The van der Waals surface area contributed by atoms with Gasteiger partial charge in [0.25, 0.3) is 0 Å². The van der Waals surface area contributed by atoms with Crippen molar-refractivity contribution in [3.05, 3.63) is 59.3 Å². The lowest BCUT2D eigenvalue weighted by atomic mass is 10.2. The van der Waals surface area contributed by atoms with E-state index in [2.05, 4.69) is 22.1 Å². The first-order chi connectivity index (χ1) is 11.9. The van der Waals surface area contributed by atoms with Gasteiger partial charge in [-0.05, 0) is 17.7 Å². The third kappa shape index (κ3) is 5.73. The van der Waals surface area contributed by atoms with Crippen LogP contribution >= 0.6 is 0 Å². The molecule has 1 amide bonds. The molecule has 25 heavy (non-hydrogen) atoms. The fourth-order valence-corrected chi connectivity index (χ4v) is 1.82. The van der Waals surface area contributed by atoms with Gasteiger partial charge < -0.3 is 15.8 Å². The third-order valence-electron chi connectivity index (χ3n) is 2.94. The van der Waals surface area contributed by atoms with E-state index in [1.807, 2.05) is 6.07 Å². The summed E-state index contributed by atoms with van der Waals surface area (Å²) in [6, 6.07) is 11.4. The van der Waals surface area contributed by atoms with Crippen LogP contribution in [0.3, 0.4) is 0 Å². The molecule has 0 unspecified atom stereocenters. The second-order valence-electron chi connectivity index (χ2n) is 4.85. The molecule has 1 aromatic carbocycles. The van der Waals surface area contributed by atoms with Gasteiger partial charge in [-0.3, -0.25) is 0 Å². The Morgan fingerprint density at radius 3 is 2.60 bits per heavy atom. The molecule has 0 radical (unpaired) electrons. The molecule has 0 bridgehead atoms. The number of hydrogen-bond donors (Lipinski definition) is 2. The zero-order valence-electron chi connectivity index (χ0n) is 12.9. The number of nitrogens with one attached hydrogen (secondary N) is 1. The first-order valence-electron chi connectivity index (χ1n) is 7.13. The standard InChI is InChI=1S/C17H14F3N3O2/c18-17(19,20)15-13(8-9-14(21)23-15)7-4-10-22-16(24)25-11-12-5-2-1-3-6-12/h1-3,5-6,8-9H,10-11H2,(H2,21,23)(H,22,24). The minimum atomic E-state index is -4.67. The molecule has 0 saturated heterocycles. The van der Waals surface area contributed by atoms with Crippen molar-refractivity contribution in [1.29, 1.82) is 0 Å². The van der Waals surface area contributed by atoms with Crippen molar-refractivity contribution >= 4 is 11.9 Å².